The van der Waals surface area contributed by atoms with Gasteiger partial charge in [0.25, 0.3) is 0 Å². The third-order valence-corrected chi connectivity index (χ3v) is 7.34. The summed E-state index contributed by atoms with van der Waals surface area (Å²) in [6.45, 7) is 0.880. The zero-order valence-electron chi connectivity index (χ0n) is 19.5. The number of aliphatic hydroxyl groups is 1. The van der Waals surface area contributed by atoms with Gasteiger partial charge in [-0.15, -0.1) is 0 Å². The molecule has 6 nitrogen and oxygen atoms in total. The minimum atomic E-state index is -0.609. The summed E-state index contributed by atoms with van der Waals surface area (Å²) in [6, 6.07) is 26.0. The van der Waals surface area contributed by atoms with Gasteiger partial charge < -0.3 is 24.9 Å². The Kier molecular flexibility index (Phi) is 7.72. The van der Waals surface area contributed by atoms with Crippen molar-refractivity contribution < 1.29 is 14.6 Å². The molecule has 1 aliphatic heterocycles. The summed E-state index contributed by atoms with van der Waals surface area (Å²) in [4.78, 5) is 4.15. The fourth-order valence-electron chi connectivity index (χ4n) is 4.64. The predicted molar refractivity (Wildman–Crippen MR) is 140 cm³/mol. The molecule has 36 heavy (non-hydrogen) atoms. The SMILES string of the molecule is NCc1ccc(C2OC(Cn3cnc(Cl)c3Cl)C(c3ccccc3)C(c3ccc(CO)cc3)O2)cc1. The van der Waals surface area contributed by atoms with Crippen molar-refractivity contribution in [1.29, 1.82) is 0 Å². The maximum absolute atomic E-state index is 9.54. The molecule has 4 unspecified atom stereocenters. The van der Waals surface area contributed by atoms with Crippen molar-refractivity contribution in [3.05, 3.63) is 123 Å². The first kappa shape index (κ1) is 25.0. The molecular formula is C28H27Cl2N3O3. The van der Waals surface area contributed by atoms with E-state index >= 15 is 0 Å². The summed E-state index contributed by atoms with van der Waals surface area (Å²) in [5.41, 5.74) is 10.6. The number of rotatable bonds is 7. The van der Waals surface area contributed by atoms with E-state index in [1.54, 1.807) is 10.9 Å². The highest BCUT2D eigenvalue weighted by molar-refractivity contribution is 6.40. The van der Waals surface area contributed by atoms with E-state index in [0.717, 1.165) is 27.8 Å². The Morgan fingerprint density at radius 1 is 0.833 bits per heavy atom. The topological polar surface area (TPSA) is 82.5 Å². The molecule has 1 aliphatic rings. The van der Waals surface area contributed by atoms with E-state index in [1.165, 1.54) is 0 Å². The van der Waals surface area contributed by atoms with Crippen LogP contribution in [0.25, 0.3) is 0 Å². The predicted octanol–water partition coefficient (Wildman–Crippen LogP) is 5.78. The van der Waals surface area contributed by atoms with Crippen LogP contribution in [-0.2, 0) is 29.2 Å². The zero-order valence-corrected chi connectivity index (χ0v) is 21.0. The van der Waals surface area contributed by atoms with E-state index in [-0.39, 0.29) is 29.9 Å². The molecular weight excluding hydrogens is 497 g/mol. The quantitative estimate of drug-likeness (QED) is 0.320. The first-order chi connectivity index (χ1) is 17.6. The molecule has 3 N–H and O–H groups in total. The smallest absolute Gasteiger partial charge is 0.185 e. The van der Waals surface area contributed by atoms with Gasteiger partial charge in [-0.2, -0.15) is 0 Å². The van der Waals surface area contributed by atoms with Crippen LogP contribution in [0.1, 0.15) is 46.1 Å². The van der Waals surface area contributed by atoms with E-state index in [4.69, 9.17) is 38.4 Å². The summed E-state index contributed by atoms with van der Waals surface area (Å²) in [5, 5.41) is 10.2. The molecule has 4 aromatic rings. The number of hydrogen-bond acceptors (Lipinski definition) is 5. The standard InChI is InChI=1S/C28H27Cl2N3O3/c29-26-27(30)33(17-32-26)15-23-24(20-4-2-1-3-5-20)25(21-10-8-19(16-34)9-11-21)36-28(35-23)22-12-6-18(14-31)7-13-22/h1-13,17,23-25,28,34H,14-16,31H2. The molecule has 1 saturated heterocycles. The number of ether oxygens (including phenoxy) is 2. The summed E-state index contributed by atoms with van der Waals surface area (Å²) >= 11 is 12.6. The van der Waals surface area contributed by atoms with Crippen LogP contribution in [-0.4, -0.2) is 20.8 Å². The molecule has 0 amide bonds. The lowest BCUT2D eigenvalue weighted by Gasteiger charge is -2.43. The van der Waals surface area contributed by atoms with E-state index < -0.39 is 6.29 Å². The number of aromatic nitrogens is 2. The fourth-order valence-corrected chi connectivity index (χ4v) is 4.95. The third kappa shape index (κ3) is 5.20. The van der Waals surface area contributed by atoms with Crippen LogP contribution in [0.5, 0.6) is 0 Å². The third-order valence-electron chi connectivity index (χ3n) is 6.57. The Morgan fingerprint density at radius 2 is 1.50 bits per heavy atom. The highest BCUT2D eigenvalue weighted by atomic mass is 35.5. The molecule has 186 valence electrons. The van der Waals surface area contributed by atoms with Crippen LogP contribution in [0.4, 0.5) is 0 Å². The molecule has 0 radical (unpaired) electrons. The first-order valence-electron chi connectivity index (χ1n) is 11.8. The van der Waals surface area contributed by atoms with Gasteiger partial charge in [0.1, 0.15) is 5.15 Å². The van der Waals surface area contributed by atoms with E-state index in [2.05, 4.69) is 17.1 Å². The lowest BCUT2D eigenvalue weighted by Crippen LogP contribution is -2.39. The van der Waals surface area contributed by atoms with E-state index in [9.17, 15) is 5.11 Å². The Hall–Kier alpha value is -2.71. The van der Waals surface area contributed by atoms with E-state index in [0.29, 0.717) is 18.2 Å². The number of nitrogens with zero attached hydrogens (tertiary/aromatic N) is 2. The number of benzene rings is 3. The van der Waals surface area contributed by atoms with Crippen molar-refractivity contribution in [2.45, 2.75) is 44.1 Å². The number of nitrogens with two attached hydrogens (primary N) is 1. The zero-order chi connectivity index (χ0) is 25.1. The largest absolute Gasteiger partial charge is 0.392 e. The molecule has 0 saturated carbocycles. The Labute approximate surface area is 220 Å². The van der Waals surface area contributed by atoms with Crippen LogP contribution in [0.2, 0.25) is 10.3 Å². The molecule has 0 bridgehead atoms. The molecule has 8 heteroatoms. The number of aliphatic hydroxyl groups excluding tert-OH is 1. The average Bonchev–Trinajstić information content (AvgIpc) is 3.25. The minimum absolute atomic E-state index is 0.0182. The van der Waals surface area contributed by atoms with Crippen LogP contribution < -0.4 is 5.73 Å². The molecule has 0 aliphatic carbocycles. The van der Waals surface area contributed by atoms with Crippen molar-refractivity contribution >= 4 is 23.2 Å². The van der Waals surface area contributed by atoms with Gasteiger partial charge in [-0.1, -0.05) is 102 Å². The van der Waals surface area contributed by atoms with Gasteiger partial charge in [-0.3, -0.25) is 0 Å². The second-order valence-corrected chi connectivity index (χ2v) is 9.54. The number of halogens is 2. The summed E-state index contributed by atoms with van der Waals surface area (Å²) < 4.78 is 15.1. The van der Waals surface area contributed by atoms with Crippen molar-refractivity contribution in [3.8, 4) is 0 Å². The second kappa shape index (κ2) is 11.1. The van der Waals surface area contributed by atoms with Crippen molar-refractivity contribution in [2.75, 3.05) is 0 Å². The fraction of sp³-hybridized carbons (Fsp3) is 0.250. The molecule has 1 fully saturated rings. The lowest BCUT2D eigenvalue weighted by molar-refractivity contribution is -0.263. The monoisotopic (exact) mass is 523 g/mol. The van der Waals surface area contributed by atoms with Crippen LogP contribution >= 0.6 is 23.2 Å². The second-order valence-electron chi connectivity index (χ2n) is 8.82. The highest BCUT2D eigenvalue weighted by Gasteiger charge is 2.42. The van der Waals surface area contributed by atoms with Gasteiger partial charge in [0.2, 0.25) is 0 Å². The van der Waals surface area contributed by atoms with Gasteiger partial charge in [-0.25, -0.2) is 4.98 Å². The van der Waals surface area contributed by atoms with Crippen molar-refractivity contribution in [3.63, 3.8) is 0 Å². The van der Waals surface area contributed by atoms with Crippen LogP contribution in [0.3, 0.4) is 0 Å². The Balaban J connectivity index is 1.58. The molecule has 4 atom stereocenters. The van der Waals surface area contributed by atoms with Crippen molar-refractivity contribution in [2.24, 2.45) is 5.73 Å². The average molecular weight is 524 g/mol. The lowest BCUT2D eigenvalue weighted by atomic mass is 9.83. The van der Waals surface area contributed by atoms with Gasteiger partial charge in [-0.05, 0) is 22.3 Å². The van der Waals surface area contributed by atoms with E-state index in [1.807, 2.05) is 66.7 Å². The minimum Gasteiger partial charge on any atom is -0.392 e. The molecule has 1 aromatic heterocycles. The summed E-state index contributed by atoms with van der Waals surface area (Å²) in [7, 11) is 0. The Morgan fingerprint density at radius 3 is 2.11 bits per heavy atom. The highest BCUT2D eigenvalue weighted by Crippen LogP contribution is 2.47. The molecule has 5 rings (SSSR count). The normalized spacial score (nSPS) is 22.0. The summed E-state index contributed by atoms with van der Waals surface area (Å²) in [6.07, 6.45) is 0.380. The number of hydrogen-bond donors (Lipinski definition) is 2. The van der Waals surface area contributed by atoms with Gasteiger partial charge >= 0.3 is 0 Å². The van der Waals surface area contributed by atoms with Crippen molar-refractivity contribution in [1.82, 2.24) is 9.55 Å². The van der Waals surface area contributed by atoms with Gasteiger partial charge in [0, 0.05) is 18.0 Å². The van der Waals surface area contributed by atoms with Crippen LogP contribution in [0, 0.1) is 0 Å². The van der Waals surface area contributed by atoms with Gasteiger partial charge in [0.15, 0.2) is 11.4 Å². The van der Waals surface area contributed by atoms with Gasteiger partial charge in [0.05, 0.1) is 31.7 Å². The van der Waals surface area contributed by atoms with Crippen LogP contribution in [0.15, 0.2) is 85.2 Å². The molecule has 2 heterocycles. The summed E-state index contributed by atoms with van der Waals surface area (Å²) in [5.74, 6) is -0.150. The maximum Gasteiger partial charge on any atom is 0.185 e. The first-order valence-corrected chi connectivity index (χ1v) is 12.5. The maximum atomic E-state index is 9.54. The molecule has 0 spiro atoms. The number of imidazole rings is 1. The molecule has 3 aromatic carbocycles. The Bertz CT molecular complexity index is 1280.